The van der Waals surface area contributed by atoms with Gasteiger partial charge < -0.3 is 4.57 Å². The van der Waals surface area contributed by atoms with Crippen LogP contribution in [0, 0.1) is 12.7 Å². The Morgan fingerprint density at radius 2 is 1.90 bits per heavy atom. The second-order valence-corrected chi connectivity index (χ2v) is 7.61. The Labute approximate surface area is 169 Å². The zero-order valence-electron chi connectivity index (χ0n) is 15.7. The number of hydrogen-bond donors (Lipinski definition) is 0. The second-order valence-electron chi connectivity index (χ2n) is 6.61. The van der Waals surface area contributed by atoms with Gasteiger partial charge in [0.1, 0.15) is 16.5 Å². The SMILES string of the molecule is Cc1nc(-c2cncc(F)c2)sc1-c1nc(-c2ncccn2)cc2c1ccn2C. The molecule has 29 heavy (non-hydrogen) atoms. The lowest BCUT2D eigenvalue weighted by molar-refractivity contribution is 0.622. The Morgan fingerprint density at radius 3 is 2.69 bits per heavy atom. The van der Waals surface area contributed by atoms with Crippen molar-refractivity contribution in [1.29, 1.82) is 0 Å². The molecule has 0 fully saturated rings. The summed E-state index contributed by atoms with van der Waals surface area (Å²) in [6, 6.07) is 7.24. The number of fused-ring (bicyclic) bond motifs is 1. The molecular weight excluding hydrogens is 387 g/mol. The molecule has 0 aliphatic heterocycles. The van der Waals surface area contributed by atoms with E-state index in [9.17, 15) is 4.39 Å². The lowest BCUT2D eigenvalue weighted by Crippen LogP contribution is -1.95. The van der Waals surface area contributed by atoms with E-state index in [4.69, 9.17) is 4.98 Å². The molecule has 0 spiro atoms. The third-order valence-corrected chi connectivity index (χ3v) is 5.85. The second kappa shape index (κ2) is 6.82. The van der Waals surface area contributed by atoms with Gasteiger partial charge in [-0.15, -0.1) is 11.3 Å². The van der Waals surface area contributed by atoms with Crippen molar-refractivity contribution in [2.45, 2.75) is 6.92 Å². The first-order chi connectivity index (χ1) is 14.1. The number of nitrogens with zero attached hydrogens (tertiary/aromatic N) is 6. The highest BCUT2D eigenvalue weighted by molar-refractivity contribution is 7.18. The van der Waals surface area contributed by atoms with Gasteiger partial charge >= 0.3 is 0 Å². The Morgan fingerprint density at radius 1 is 1.07 bits per heavy atom. The van der Waals surface area contributed by atoms with Crippen LogP contribution in [0.5, 0.6) is 0 Å². The molecule has 0 aliphatic rings. The van der Waals surface area contributed by atoms with Crippen molar-refractivity contribution in [1.82, 2.24) is 29.5 Å². The molecule has 5 rings (SSSR count). The zero-order chi connectivity index (χ0) is 20.0. The minimum atomic E-state index is -0.385. The van der Waals surface area contributed by atoms with Crippen LogP contribution in [-0.2, 0) is 7.05 Å². The lowest BCUT2D eigenvalue weighted by Gasteiger charge is -2.07. The number of rotatable bonds is 3. The average Bonchev–Trinajstić information content (AvgIpc) is 3.31. The largest absolute Gasteiger partial charge is 0.350 e. The summed E-state index contributed by atoms with van der Waals surface area (Å²) in [5.41, 5.74) is 4.02. The fourth-order valence-corrected chi connectivity index (χ4v) is 4.30. The van der Waals surface area contributed by atoms with Gasteiger partial charge in [-0.25, -0.2) is 24.3 Å². The van der Waals surface area contributed by atoms with Gasteiger partial charge in [0.15, 0.2) is 5.82 Å². The monoisotopic (exact) mass is 402 g/mol. The van der Waals surface area contributed by atoms with Crippen LogP contribution in [0.1, 0.15) is 5.69 Å². The summed E-state index contributed by atoms with van der Waals surface area (Å²) in [5, 5.41) is 1.72. The molecule has 0 saturated carbocycles. The first-order valence-corrected chi connectivity index (χ1v) is 9.74. The predicted molar refractivity (Wildman–Crippen MR) is 111 cm³/mol. The molecule has 5 heterocycles. The van der Waals surface area contributed by atoms with E-state index in [1.165, 1.54) is 23.6 Å². The van der Waals surface area contributed by atoms with Crippen LogP contribution in [0.2, 0.25) is 0 Å². The van der Waals surface area contributed by atoms with Gasteiger partial charge in [0.25, 0.3) is 0 Å². The molecule has 8 heteroatoms. The summed E-state index contributed by atoms with van der Waals surface area (Å²) in [5.74, 6) is 0.178. The Balaban J connectivity index is 1.73. The van der Waals surface area contributed by atoms with Gasteiger partial charge in [-0.3, -0.25) is 4.98 Å². The maximum absolute atomic E-state index is 13.6. The van der Waals surface area contributed by atoms with Crippen LogP contribution in [0.15, 0.2) is 55.2 Å². The Kier molecular flexibility index (Phi) is 4.13. The van der Waals surface area contributed by atoms with E-state index in [-0.39, 0.29) is 5.82 Å². The van der Waals surface area contributed by atoms with E-state index in [1.54, 1.807) is 24.7 Å². The Hall–Kier alpha value is -3.52. The molecule has 0 amide bonds. The summed E-state index contributed by atoms with van der Waals surface area (Å²) >= 11 is 1.47. The van der Waals surface area contributed by atoms with Gasteiger partial charge in [0, 0.05) is 42.8 Å². The van der Waals surface area contributed by atoms with E-state index in [0.29, 0.717) is 22.1 Å². The highest BCUT2D eigenvalue weighted by Crippen LogP contribution is 2.38. The molecule has 142 valence electrons. The molecule has 0 radical (unpaired) electrons. The van der Waals surface area contributed by atoms with Crippen LogP contribution in [0.25, 0.3) is 43.6 Å². The molecule has 0 saturated heterocycles. The third-order valence-electron chi connectivity index (χ3n) is 4.64. The topological polar surface area (TPSA) is 69.4 Å². The van der Waals surface area contributed by atoms with Crippen LogP contribution in [0.4, 0.5) is 4.39 Å². The minimum Gasteiger partial charge on any atom is -0.350 e. The third kappa shape index (κ3) is 3.07. The van der Waals surface area contributed by atoms with Crippen molar-refractivity contribution in [2.24, 2.45) is 7.05 Å². The summed E-state index contributed by atoms with van der Waals surface area (Å²) < 4.78 is 15.7. The van der Waals surface area contributed by atoms with Crippen LogP contribution in [0.3, 0.4) is 0 Å². The number of hydrogen-bond acceptors (Lipinski definition) is 6. The van der Waals surface area contributed by atoms with Gasteiger partial charge in [-0.2, -0.15) is 0 Å². The smallest absolute Gasteiger partial charge is 0.178 e. The fraction of sp³-hybridized carbons (Fsp3) is 0.0952. The fourth-order valence-electron chi connectivity index (χ4n) is 3.25. The maximum atomic E-state index is 13.6. The maximum Gasteiger partial charge on any atom is 0.178 e. The quantitative estimate of drug-likeness (QED) is 0.439. The molecule has 0 bridgehead atoms. The normalized spacial score (nSPS) is 11.3. The molecule has 0 aromatic carbocycles. The lowest BCUT2D eigenvalue weighted by atomic mass is 10.1. The molecule has 0 aliphatic carbocycles. The number of aryl methyl sites for hydroxylation is 2. The van der Waals surface area contributed by atoms with E-state index < -0.39 is 0 Å². The molecule has 5 aromatic heterocycles. The summed E-state index contributed by atoms with van der Waals surface area (Å²) in [4.78, 5) is 23.1. The number of pyridine rings is 2. The molecule has 0 unspecified atom stereocenters. The van der Waals surface area contributed by atoms with Crippen molar-refractivity contribution in [2.75, 3.05) is 0 Å². The molecule has 6 nitrogen and oxygen atoms in total. The van der Waals surface area contributed by atoms with Crippen molar-refractivity contribution < 1.29 is 4.39 Å². The number of aromatic nitrogens is 6. The Bertz CT molecular complexity index is 1340. The average molecular weight is 402 g/mol. The van der Waals surface area contributed by atoms with Crippen molar-refractivity contribution in [3.63, 3.8) is 0 Å². The van der Waals surface area contributed by atoms with Gasteiger partial charge in [-0.05, 0) is 31.2 Å². The number of thiazole rings is 1. The van der Waals surface area contributed by atoms with Crippen molar-refractivity contribution in [3.05, 3.63) is 66.8 Å². The predicted octanol–water partition coefficient (Wildman–Crippen LogP) is 4.66. The van der Waals surface area contributed by atoms with Crippen LogP contribution >= 0.6 is 11.3 Å². The van der Waals surface area contributed by atoms with Crippen molar-refractivity contribution >= 4 is 22.2 Å². The van der Waals surface area contributed by atoms with E-state index >= 15 is 0 Å². The van der Waals surface area contributed by atoms with Crippen molar-refractivity contribution in [3.8, 4) is 32.7 Å². The van der Waals surface area contributed by atoms with E-state index in [1.807, 2.05) is 36.9 Å². The molecule has 0 atom stereocenters. The van der Waals surface area contributed by atoms with Gasteiger partial charge in [0.05, 0.1) is 28.0 Å². The summed E-state index contributed by atoms with van der Waals surface area (Å²) in [6.07, 6.45) is 8.20. The molecule has 0 N–H and O–H groups in total. The van der Waals surface area contributed by atoms with Crippen LogP contribution < -0.4 is 0 Å². The molecule has 5 aromatic rings. The van der Waals surface area contributed by atoms with E-state index in [0.717, 1.165) is 27.2 Å². The highest BCUT2D eigenvalue weighted by Gasteiger charge is 2.19. The standard InChI is InChI=1S/C21H15FN6S/c1-12-19(29-21(26-12)13-8-14(22)11-23-10-13)18-15-4-7-28(2)17(15)9-16(27-18)20-24-5-3-6-25-20/h3-11H,1-2H3. The van der Waals surface area contributed by atoms with Gasteiger partial charge in [0.2, 0.25) is 0 Å². The first kappa shape index (κ1) is 17.6. The van der Waals surface area contributed by atoms with Gasteiger partial charge in [-0.1, -0.05) is 0 Å². The minimum absolute atomic E-state index is 0.385. The summed E-state index contributed by atoms with van der Waals surface area (Å²) in [6.45, 7) is 1.93. The van der Waals surface area contributed by atoms with E-state index in [2.05, 4.69) is 19.9 Å². The van der Waals surface area contributed by atoms with Crippen LogP contribution in [-0.4, -0.2) is 29.5 Å². The highest BCUT2D eigenvalue weighted by atomic mass is 32.1. The number of halogens is 1. The zero-order valence-corrected chi connectivity index (χ0v) is 16.5. The first-order valence-electron chi connectivity index (χ1n) is 8.92. The molecular formula is C21H15FN6S. The summed E-state index contributed by atoms with van der Waals surface area (Å²) in [7, 11) is 1.99.